The number of hydrogen-bond donors (Lipinski definition) is 1. The van der Waals surface area contributed by atoms with Gasteiger partial charge in [0.15, 0.2) is 0 Å². The van der Waals surface area contributed by atoms with Gasteiger partial charge in [0, 0.05) is 32.5 Å². The summed E-state index contributed by atoms with van der Waals surface area (Å²) in [5, 5.41) is 11.5. The second-order valence-electron chi connectivity index (χ2n) is 8.06. The van der Waals surface area contributed by atoms with Gasteiger partial charge in [-0.2, -0.15) is 0 Å². The second-order valence-corrected chi connectivity index (χ2v) is 14.1. The molecule has 3 rings (SSSR count). The van der Waals surface area contributed by atoms with Gasteiger partial charge in [-0.3, -0.25) is 0 Å². The number of pyridine rings is 1. The summed E-state index contributed by atoms with van der Waals surface area (Å²) in [5.41, 5.74) is 1.94. The van der Waals surface area contributed by atoms with E-state index in [2.05, 4.69) is 24.6 Å². The van der Waals surface area contributed by atoms with Crippen LogP contribution in [-0.2, 0) is 11.5 Å². The maximum atomic E-state index is 9.77. The summed E-state index contributed by atoms with van der Waals surface area (Å²) in [5.74, 6) is 0.320. The Hall–Kier alpha value is -0.883. The largest absolute Gasteiger partial charge is 0.393 e. The van der Waals surface area contributed by atoms with Crippen molar-refractivity contribution in [2.45, 2.75) is 63.7 Å². The van der Waals surface area contributed by atoms with E-state index in [1.807, 2.05) is 23.0 Å². The third-order valence-corrected chi connectivity index (χ3v) is 6.95. The topological polar surface area (TPSA) is 47.3 Å². The summed E-state index contributed by atoms with van der Waals surface area (Å²) in [4.78, 5) is 4.62. The average Bonchev–Trinajstić information content (AvgIpc) is 3.10. The summed E-state index contributed by atoms with van der Waals surface area (Å²) in [6, 6.07) is 3.18. The zero-order chi connectivity index (χ0) is 17.3. The fraction of sp³-hybridized carbons (Fsp3) is 0.611. The van der Waals surface area contributed by atoms with Crippen LogP contribution in [0.25, 0.3) is 11.0 Å². The normalized spacial score (nSPS) is 21.7. The number of aliphatic hydroxyl groups excluding tert-OH is 1. The van der Waals surface area contributed by atoms with Crippen LogP contribution in [0.3, 0.4) is 0 Å². The van der Waals surface area contributed by atoms with Crippen LogP contribution < -0.4 is 0 Å². The maximum Gasteiger partial charge on any atom is 0.143 e. The van der Waals surface area contributed by atoms with Crippen molar-refractivity contribution in [3.8, 4) is 0 Å². The molecule has 1 fully saturated rings. The van der Waals surface area contributed by atoms with E-state index >= 15 is 0 Å². The highest BCUT2D eigenvalue weighted by atomic mass is 35.5. The van der Waals surface area contributed by atoms with Crippen molar-refractivity contribution in [1.29, 1.82) is 0 Å². The molecule has 2 atom stereocenters. The first kappa shape index (κ1) is 17.9. The smallest absolute Gasteiger partial charge is 0.143 e. The Morgan fingerprint density at radius 2 is 2.17 bits per heavy atom. The monoisotopic (exact) mass is 366 g/mol. The number of hydrogen-bond acceptors (Lipinski definition) is 3. The predicted octanol–water partition coefficient (Wildman–Crippen LogP) is 4.63. The number of halogens is 1. The molecule has 0 radical (unpaired) electrons. The van der Waals surface area contributed by atoms with Gasteiger partial charge in [0.25, 0.3) is 0 Å². The van der Waals surface area contributed by atoms with Crippen LogP contribution in [0, 0.1) is 0 Å². The Morgan fingerprint density at radius 1 is 1.38 bits per heavy atom. The maximum absolute atomic E-state index is 9.77. The summed E-state index contributed by atoms with van der Waals surface area (Å²) >= 11 is 6.63. The van der Waals surface area contributed by atoms with E-state index in [9.17, 15) is 5.11 Å². The van der Waals surface area contributed by atoms with Gasteiger partial charge < -0.3 is 14.4 Å². The van der Waals surface area contributed by atoms with Gasteiger partial charge in [-0.1, -0.05) is 31.2 Å². The summed E-state index contributed by atoms with van der Waals surface area (Å²) in [7, 11) is -1.06. The second kappa shape index (κ2) is 7.16. The zero-order valence-corrected chi connectivity index (χ0v) is 16.5. The molecule has 1 N–H and O–H groups in total. The minimum Gasteiger partial charge on any atom is -0.393 e. The molecule has 0 saturated heterocycles. The zero-order valence-electron chi connectivity index (χ0n) is 14.8. The molecular weight excluding hydrogens is 340 g/mol. The number of nitrogens with zero attached hydrogens (tertiary/aromatic N) is 2. The number of fused-ring (bicyclic) bond motifs is 1. The molecule has 0 bridgehead atoms. The lowest BCUT2D eigenvalue weighted by molar-refractivity contribution is 0.0899. The van der Waals surface area contributed by atoms with Crippen LogP contribution in [0.15, 0.2) is 18.5 Å². The lowest BCUT2D eigenvalue weighted by Gasteiger charge is -2.16. The highest BCUT2D eigenvalue weighted by Gasteiger charge is 2.27. The first-order chi connectivity index (χ1) is 11.3. The molecule has 6 heteroatoms. The third kappa shape index (κ3) is 4.02. The van der Waals surface area contributed by atoms with Crippen LogP contribution in [0.1, 0.15) is 30.7 Å². The van der Waals surface area contributed by atoms with Crippen LogP contribution in [0.4, 0.5) is 0 Å². The van der Waals surface area contributed by atoms with Gasteiger partial charge in [0.2, 0.25) is 0 Å². The van der Waals surface area contributed by atoms with Crippen molar-refractivity contribution >= 4 is 30.7 Å². The van der Waals surface area contributed by atoms with Crippen LogP contribution in [-0.4, -0.2) is 35.4 Å². The lowest BCUT2D eigenvalue weighted by Crippen LogP contribution is -2.22. The fourth-order valence-corrected chi connectivity index (χ4v) is 4.40. The minimum atomic E-state index is -1.06. The van der Waals surface area contributed by atoms with Crippen molar-refractivity contribution in [3.63, 3.8) is 0 Å². The molecule has 2 heterocycles. The van der Waals surface area contributed by atoms with Crippen molar-refractivity contribution in [1.82, 2.24) is 9.55 Å². The van der Waals surface area contributed by atoms with Crippen LogP contribution >= 0.6 is 11.6 Å². The number of aromatic nitrogens is 2. The van der Waals surface area contributed by atoms with Gasteiger partial charge in [-0.05, 0) is 42.9 Å². The molecule has 2 aromatic rings. The van der Waals surface area contributed by atoms with Crippen LogP contribution in [0.2, 0.25) is 30.7 Å². The highest BCUT2D eigenvalue weighted by molar-refractivity contribution is 6.76. The lowest BCUT2D eigenvalue weighted by atomic mass is 9.98. The Bertz CT molecular complexity index is 711. The van der Waals surface area contributed by atoms with Crippen molar-refractivity contribution in [2.75, 3.05) is 6.61 Å². The van der Waals surface area contributed by atoms with Crippen LogP contribution in [0.5, 0.6) is 0 Å². The molecular formula is C18H27ClN2O2Si. The van der Waals surface area contributed by atoms with E-state index in [1.165, 1.54) is 0 Å². The molecule has 2 unspecified atom stereocenters. The standard InChI is InChI=1S/C18H27ClN2O2Si/c1-24(2,3)9-8-23-12-21-7-6-15-17(19)16(11-20-18(15)21)13-4-5-14(22)10-13/h6-7,11,13-14,22H,4-5,8-10,12H2,1-3H3. The first-order valence-electron chi connectivity index (χ1n) is 8.74. The molecule has 0 aliphatic heterocycles. The Balaban J connectivity index is 1.72. The molecule has 132 valence electrons. The van der Waals surface area contributed by atoms with E-state index in [1.54, 1.807) is 0 Å². The number of rotatable bonds is 6. The summed E-state index contributed by atoms with van der Waals surface area (Å²) in [6.07, 6.45) is 6.29. The molecule has 1 aliphatic carbocycles. The molecule has 1 saturated carbocycles. The fourth-order valence-electron chi connectivity index (χ4n) is 3.29. The van der Waals surface area contributed by atoms with E-state index in [0.717, 1.165) is 53.5 Å². The summed E-state index contributed by atoms with van der Waals surface area (Å²) < 4.78 is 7.84. The first-order valence-corrected chi connectivity index (χ1v) is 12.8. The quantitative estimate of drug-likeness (QED) is 0.598. The number of aliphatic hydroxyl groups is 1. The highest BCUT2D eigenvalue weighted by Crippen LogP contribution is 2.39. The predicted molar refractivity (Wildman–Crippen MR) is 101 cm³/mol. The van der Waals surface area contributed by atoms with E-state index in [4.69, 9.17) is 16.3 Å². The van der Waals surface area contributed by atoms with Gasteiger partial charge in [-0.25, -0.2) is 4.98 Å². The van der Waals surface area contributed by atoms with E-state index in [0.29, 0.717) is 12.6 Å². The van der Waals surface area contributed by atoms with Gasteiger partial charge in [0.1, 0.15) is 12.4 Å². The van der Waals surface area contributed by atoms with Gasteiger partial charge in [-0.15, -0.1) is 0 Å². The SMILES string of the molecule is C[Si](C)(C)CCOCn1ccc2c(Cl)c(C3CCC(O)C3)cnc21. The Labute approximate surface area is 149 Å². The minimum absolute atomic E-state index is 0.203. The van der Waals surface area contributed by atoms with Gasteiger partial charge >= 0.3 is 0 Å². The molecule has 0 aromatic carbocycles. The molecule has 24 heavy (non-hydrogen) atoms. The summed E-state index contributed by atoms with van der Waals surface area (Å²) in [6.45, 7) is 8.36. The molecule has 0 amide bonds. The molecule has 2 aromatic heterocycles. The van der Waals surface area contributed by atoms with Crippen molar-refractivity contribution < 1.29 is 9.84 Å². The molecule has 1 aliphatic rings. The molecule has 0 spiro atoms. The number of ether oxygens (including phenoxy) is 1. The van der Waals surface area contributed by atoms with Gasteiger partial charge in [0.05, 0.1) is 11.1 Å². The van der Waals surface area contributed by atoms with E-state index < -0.39 is 8.07 Å². The Morgan fingerprint density at radius 3 is 2.83 bits per heavy atom. The van der Waals surface area contributed by atoms with Crippen molar-refractivity contribution in [3.05, 3.63) is 29.0 Å². The Kier molecular flexibility index (Phi) is 5.35. The van der Waals surface area contributed by atoms with E-state index in [-0.39, 0.29) is 6.10 Å². The van der Waals surface area contributed by atoms with Crippen molar-refractivity contribution in [2.24, 2.45) is 0 Å². The molecule has 4 nitrogen and oxygen atoms in total. The average molecular weight is 367 g/mol. The third-order valence-electron chi connectivity index (χ3n) is 4.82.